The summed E-state index contributed by atoms with van der Waals surface area (Å²) in [5.74, 6) is -0.248. The molecule has 3 aromatic heterocycles. The van der Waals surface area contributed by atoms with E-state index in [4.69, 9.17) is 4.52 Å². The molecule has 0 aliphatic heterocycles. The highest BCUT2D eigenvalue weighted by molar-refractivity contribution is 5.71. The molecule has 6 rings (SSSR count). The third kappa shape index (κ3) is 2.74. The van der Waals surface area contributed by atoms with Gasteiger partial charge >= 0.3 is 0 Å². The zero-order chi connectivity index (χ0) is 21.3. The molecule has 0 amide bonds. The maximum Gasteiger partial charge on any atom is 0.280 e. The van der Waals surface area contributed by atoms with Crippen LogP contribution in [0.5, 0.6) is 0 Å². The van der Waals surface area contributed by atoms with Crippen LogP contribution in [0.15, 0.2) is 46.2 Å². The zero-order valence-corrected chi connectivity index (χ0v) is 16.4. The molecule has 0 bridgehead atoms. The molecule has 0 radical (unpaired) electrons. The normalized spacial score (nSPS) is 22.0. The van der Waals surface area contributed by atoms with E-state index < -0.39 is 11.6 Å². The third-order valence-corrected chi connectivity index (χ3v) is 6.16. The second-order valence-corrected chi connectivity index (χ2v) is 8.02. The molecule has 1 fully saturated rings. The second-order valence-electron chi connectivity index (χ2n) is 8.02. The molecule has 0 spiro atoms. The molecule has 2 aliphatic carbocycles. The summed E-state index contributed by atoms with van der Waals surface area (Å²) in [7, 11) is 1.73. The number of hydrogen-bond acceptors (Lipinski definition) is 6. The van der Waals surface area contributed by atoms with Gasteiger partial charge < -0.3 is 9.09 Å². The minimum atomic E-state index is -0.840. The summed E-state index contributed by atoms with van der Waals surface area (Å²) in [5, 5.41) is 4.08. The number of aryl methyl sites for hydroxylation is 1. The molecule has 156 valence electrons. The van der Waals surface area contributed by atoms with E-state index in [1.165, 1.54) is 23.3 Å². The van der Waals surface area contributed by atoms with Gasteiger partial charge in [-0.15, -0.1) is 0 Å². The number of halogens is 2. The molecule has 0 N–H and O–H groups in total. The number of hydrogen-bond donors (Lipinski definition) is 0. The molecular formula is C21H16F2N6O2. The van der Waals surface area contributed by atoms with Gasteiger partial charge in [-0.3, -0.25) is 9.36 Å². The van der Waals surface area contributed by atoms with Crippen LogP contribution in [0.1, 0.15) is 29.6 Å². The number of fused-ring (bicyclic) bond motifs is 2. The summed E-state index contributed by atoms with van der Waals surface area (Å²) in [6, 6.07) is 4.23. The van der Waals surface area contributed by atoms with Crippen molar-refractivity contribution in [3.8, 4) is 0 Å². The number of allylic oxidation sites excluding steroid dienone is 2. The largest absolute Gasteiger partial charge is 0.337 e. The van der Waals surface area contributed by atoms with Gasteiger partial charge in [0, 0.05) is 18.5 Å². The Morgan fingerprint density at radius 1 is 1.23 bits per heavy atom. The van der Waals surface area contributed by atoms with E-state index in [2.05, 4.69) is 20.1 Å². The van der Waals surface area contributed by atoms with E-state index in [1.54, 1.807) is 17.7 Å². The predicted octanol–water partition coefficient (Wildman–Crippen LogP) is 2.66. The molecule has 3 atom stereocenters. The van der Waals surface area contributed by atoms with Gasteiger partial charge in [0.1, 0.15) is 12.9 Å². The highest BCUT2D eigenvalue weighted by Crippen LogP contribution is 2.62. The van der Waals surface area contributed by atoms with Crippen molar-refractivity contribution in [1.29, 1.82) is 0 Å². The predicted molar refractivity (Wildman–Crippen MR) is 105 cm³/mol. The molecule has 1 aromatic carbocycles. The summed E-state index contributed by atoms with van der Waals surface area (Å²) in [4.78, 5) is 25.4. The molecule has 10 heteroatoms. The molecule has 4 aromatic rings. The Hall–Kier alpha value is -3.69. The minimum Gasteiger partial charge on any atom is -0.337 e. The summed E-state index contributed by atoms with van der Waals surface area (Å²) < 4.78 is 36.0. The standard InChI is InChI=1S/C21H16F2N6O2/c1-28-8-24-20-18(28)21(30)29(9-25-20)7-15-26-19(27-31-15)16-12-5-10(6-13(12)16)11-3-2-4-14(22)17(11)23/h2-5,8-9,12-13,16H,6-7H2,1H3/t12-,13+,16+/m0/s1. The van der Waals surface area contributed by atoms with Crippen molar-refractivity contribution in [3.63, 3.8) is 0 Å². The Bertz CT molecular complexity index is 1440. The van der Waals surface area contributed by atoms with Crippen LogP contribution in [0.3, 0.4) is 0 Å². The van der Waals surface area contributed by atoms with Gasteiger partial charge in [0.05, 0.1) is 6.33 Å². The highest BCUT2D eigenvalue weighted by Gasteiger charge is 2.55. The number of nitrogens with zero attached hydrogens (tertiary/aromatic N) is 6. The summed E-state index contributed by atoms with van der Waals surface area (Å²) in [6.07, 6.45) is 5.57. The molecule has 1 saturated carbocycles. The van der Waals surface area contributed by atoms with Crippen molar-refractivity contribution in [2.24, 2.45) is 18.9 Å². The average Bonchev–Trinajstić information content (AvgIpc) is 3.18. The van der Waals surface area contributed by atoms with Crippen molar-refractivity contribution in [3.05, 3.63) is 76.2 Å². The van der Waals surface area contributed by atoms with Crippen LogP contribution >= 0.6 is 0 Å². The quantitative estimate of drug-likeness (QED) is 0.502. The first-order valence-corrected chi connectivity index (χ1v) is 9.85. The summed E-state index contributed by atoms with van der Waals surface area (Å²) >= 11 is 0. The van der Waals surface area contributed by atoms with Gasteiger partial charge in [-0.05, 0) is 29.9 Å². The van der Waals surface area contributed by atoms with Gasteiger partial charge in [0.25, 0.3) is 5.56 Å². The number of benzene rings is 1. The Balaban J connectivity index is 1.21. The van der Waals surface area contributed by atoms with Gasteiger partial charge in [0.15, 0.2) is 28.6 Å². The Labute approximate surface area is 173 Å². The van der Waals surface area contributed by atoms with Crippen LogP contribution < -0.4 is 5.56 Å². The molecule has 8 nitrogen and oxygen atoms in total. The van der Waals surface area contributed by atoms with E-state index in [0.29, 0.717) is 34.9 Å². The molecule has 3 heterocycles. The van der Waals surface area contributed by atoms with Crippen LogP contribution in [0.25, 0.3) is 16.7 Å². The molecule has 0 unspecified atom stereocenters. The first-order chi connectivity index (χ1) is 15.0. The first kappa shape index (κ1) is 18.1. The fraction of sp³-hybridized carbons (Fsp3) is 0.286. The SMILES string of the molecule is Cn1cnc2ncn(Cc3nc([C@@H]4[C@H]5C=C(c6cccc(F)c6F)C[C@H]54)no3)c(=O)c21. The first-order valence-electron chi connectivity index (χ1n) is 9.85. The van der Waals surface area contributed by atoms with Crippen LogP contribution in [0.2, 0.25) is 0 Å². The molecule has 0 saturated heterocycles. The van der Waals surface area contributed by atoms with Gasteiger partial charge in [-0.1, -0.05) is 23.4 Å². The number of aromatic nitrogens is 6. The molecular weight excluding hydrogens is 406 g/mol. The van der Waals surface area contributed by atoms with E-state index in [0.717, 1.165) is 11.6 Å². The lowest BCUT2D eigenvalue weighted by Crippen LogP contribution is -2.22. The number of rotatable bonds is 4. The third-order valence-electron chi connectivity index (χ3n) is 6.16. The van der Waals surface area contributed by atoms with Crippen molar-refractivity contribution in [2.45, 2.75) is 18.9 Å². The van der Waals surface area contributed by atoms with Gasteiger partial charge in [-0.2, -0.15) is 4.98 Å². The Morgan fingerprint density at radius 3 is 2.87 bits per heavy atom. The van der Waals surface area contributed by atoms with Crippen molar-refractivity contribution in [2.75, 3.05) is 0 Å². The lowest BCUT2D eigenvalue weighted by Gasteiger charge is -2.07. The van der Waals surface area contributed by atoms with Crippen molar-refractivity contribution >= 4 is 16.7 Å². The smallest absolute Gasteiger partial charge is 0.280 e. The van der Waals surface area contributed by atoms with Crippen LogP contribution in [0, 0.1) is 23.5 Å². The topological polar surface area (TPSA) is 91.6 Å². The maximum atomic E-state index is 14.1. The lowest BCUT2D eigenvalue weighted by atomic mass is 10.00. The van der Waals surface area contributed by atoms with E-state index in [-0.39, 0.29) is 29.9 Å². The second kappa shape index (κ2) is 6.40. The molecule has 2 aliphatic rings. The summed E-state index contributed by atoms with van der Waals surface area (Å²) in [6.45, 7) is 0.109. The fourth-order valence-electron chi connectivity index (χ4n) is 4.56. The van der Waals surface area contributed by atoms with Crippen LogP contribution in [-0.4, -0.2) is 29.2 Å². The van der Waals surface area contributed by atoms with E-state index in [9.17, 15) is 13.6 Å². The molecule has 31 heavy (non-hydrogen) atoms. The zero-order valence-electron chi connectivity index (χ0n) is 16.4. The lowest BCUT2D eigenvalue weighted by molar-refractivity contribution is 0.364. The van der Waals surface area contributed by atoms with E-state index in [1.807, 2.05) is 6.08 Å². The minimum absolute atomic E-state index is 0.0901. The van der Waals surface area contributed by atoms with Gasteiger partial charge in [-0.25, -0.2) is 18.7 Å². The van der Waals surface area contributed by atoms with Crippen molar-refractivity contribution in [1.82, 2.24) is 29.2 Å². The van der Waals surface area contributed by atoms with Gasteiger partial charge in [0.2, 0.25) is 5.89 Å². The maximum absolute atomic E-state index is 14.1. The van der Waals surface area contributed by atoms with Crippen molar-refractivity contribution < 1.29 is 13.3 Å². The van der Waals surface area contributed by atoms with Crippen LogP contribution in [-0.2, 0) is 13.6 Å². The van der Waals surface area contributed by atoms with E-state index >= 15 is 0 Å². The Morgan fingerprint density at radius 2 is 2.06 bits per heavy atom. The monoisotopic (exact) mass is 422 g/mol. The summed E-state index contributed by atoms with van der Waals surface area (Å²) in [5.41, 5.74) is 1.68. The average molecular weight is 422 g/mol. The Kier molecular flexibility index (Phi) is 3.74. The van der Waals surface area contributed by atoms with Crippen LogP contribution in [0.4, 0.5) is 8.78 Å². The fourth-order valence-corrected chi connectivity index (χ4v) is 4.56. The highest BCUT2D eigenvalue weighted by atomic mass is 19.2. The number of imidazole rings is 1.